The molecule has 3 rings (SSSR count). The lowest BCUT2D eigenvalue weighted by atomic mass is 9.65. The monoisotopic (exact) mass is 485 g/mol. The fraction of sp³-hybridized carbons (Fsp3) is 0.696. The van der Waals surface area contributed by atoms with Crippen LogP contribution in [-0.4, -0.2) is 70.9 Å². The van der Waals surface area contributed by atoms with Crippen molar-refractivity contribution in [2.24, 2.45) is 11.7 Å². The standard InChI is InChI=1S/C23H35BF3N3O4/c1-29(20-14-17(15-20)22(28,21(31)32)10-2-3-11-24(33)34)18-8-12-30(13-9-18)19-6-4-16(5-7-19)23(25,26)27/h4-7,17-18,20,33-34H,2-3,8-15,28H2,1H3,(H,31,32)/t17-,20-,22-/m0/s1. The maximum atomic E-state index is 12.8. The normalized spacial score (nSPS) is 23.5. The highest BCUT2D eigenvalue weighted by atomic mass is 19.4. The van der Waals surface area contributed by atoms with Gasteiger partial charge in [0.1, 0.15) is 5.54 Å². The minimum Gasteiger partial charge on any atom is -0.480 e. The average molecular weight is 485 g/mol. The van der Waals surface area contributed by atoms with Crippen LogP contribution in [0.4, 0.5) is 18.9 Å². The van der Waals surface area contributed by atoms with Crippen LogP contribution in [0.3, 0.4) is 0 Å². The highest BCUT2D eigenvalue weighted by Crippen LogP contribution is 2.42. The minimum atomic E-state index is -4.33. The molecule has 0 amide bonds. The number of benzene rings is 1. The molecule has 2 aliphatic rings. The number of carbonyl (C=O) groups is 1. The fourth-order valence-electron chi connectivity index (χ4n) is 5.26. The van der Waals surface area contributed by atoms with E-state index in [4.69, 9.17) is 15.8 Å². The third kappa shape index (κ3) is 6.24. The third-order valence-electron chi connectivity index (χ3n) is 7.72. The van der Waals surface area contributed by atoms with Gasteiger partial charge in [0.25, 0.3) is 0 Å². The van der Waals surface area contributed by atoms with E-state index in [9.17, 15) is 23.1 Å². The van der Waals surface area contributed by atoms with Gasteiger partial charge in [-0.15, -0.1) is 0 Å². The minimum absolute atomic E-state index is 0.122. The Labute approximate surface area is 198 Å². The maximum absolute atomic E-state index is 12.8. The molecule has 1 atom stereocenters. The number of nitrogens with two attached hydrogens (primary N) is 1. The number of hydrogen-bond acceptors (Lipinski definition) is 6. The van der Waals surface area contributed by atoms with Gasteiger partial charge in [0.2, 0.25) is 0 Å². The third-order valence-corrected chi connectivity index (χ3v) is 7.72. The highest BCUT2D eigenvalue weighted by Gasteiger charge is 2.49. The number of carboxylic acids is 1. The Bertz CT molecular complexity index is 813. The van der Waals surface area contributed by atoms with Gasteiger partial charge >= 0.3 is 19.3 Å². The summed E-state index contributed by atoms with van der Waals surface area (Å²) in [6.45, 7) is 1.51. The molecule has 5 N–H and O–H groups in total. The zero-order chi connectivity index (χ0) is 25.1. The van der Waals surface area contributed by atoms with E-state index < -0.39 is 30.4 Å². The molecule has 190 valence electrons. The predicted molar refractivity (Wildman–Crippen MR) is 124 cm³/mol. The topological polar surface area (TPSA) is 110 Å². The van der Waals surface area contributed by atoms with Gasteiger partial charge in [0.15, 0.2) is 0 Å². The molecule has 0 radical (unpaired) electrons. The Kier molecular flexibility index (Phi) is 8.54. The first-order valence-electron chi connectivity index (χ1n) is 11.9. The number of rotatable bonds is 10. The molecule has 1 aromatic carbocycles. The number of halogens is 3. The number of anilines is 1. The summed E-state index contributed by atoms with van der Waals surface area (Å²) in [4.78, 5) is 16.3. The fourth-order valence-corrected chi connectivity index (χ4v) is 5.26. The summed E-state index contributed by atoms with van der Waals surface area (Å²) in [7, 11) is 0.672. The Morgan fingerprint density at radius 3 is 2.21 bits per heavy atom. The van der Waals surface area contributed by atoms with Gasteiger partial charge in [-0.05, 0) is 75.7 Å². The van der Waals surface area contributed by atoms with Crippen molar-refractivity contribution in [2.75, 3.05) is 25.0 Å². The van der Waals surface area contributed by atoms with E-state index in [0.717, 1.165) is 43.8 Å². The maximum Gasteiger partial charge on any atom is 0.451 e. The van der Waals surface area contributed by atoms with Crippen molar-refractivity contribution in [1.82, 2.24) is 4.90 Å². The van der Waals surface area contributed by atoms with Gasteiger partial charge in [0, 0.05) is 30.9 Å². The Morgan fingerprint density at radius 1 is 1.12 bits per heavy atom. The van der Waals surface area contributed by atoms with Crippen LogP contribution in [-0.2, 0) is 11.0 Å². The lowest BCUT2D eigenvalue weighted by Gasteiger charge is -2.51. The van der Waals surface area contributed by atoms with Crippen molar-refractivity contribution < 1.29 is 33.1 Å². The molecule has 1 aliphatic carbocycles. The largest absolute Gasteiger partial charge is 0.480 e. The molecule has 0 unspecified atom stereocenters. The summed E-state index contributed by atoms with van der Waals surface area (Å²) in [5.41, 5.74) is 5.15. The SMILES string of the molecule is CN(C1CCN(c2ccc(C(F)(F)F)cc2)CC1)[C@H]1C[C@H]([C@@](N)(CCCCB(O)O)C(=O)O)C1. The molecule has 7 nitrogen and oxygen atoms in total. The van der Waals surface area contributed by atoms with Crippen LogP contribution >= 0.6 is 0 Å². The number of hydrogen-bond donors (Lipinski definition) is 4. The van der Waals surface area contributed by atoms with Crippen LogP contribution in [0.1, 0.15) is 50.5 Å². The van der Waals surface area contributed by atoms with Crippen molar-refractivity contribution in [1.29, 1.82) is 0 Å². The number of piperidine rings is 1. The molecule has 1 aliphatic heterocycles. The molecule has 0 spiro atoms. The number of aliphatic carboxylic acids is 1. The van der Waals surface area contributed by atoms with E-state index in [0.29, 0.717) is 38.1 Å². The van der Waals surface area contributed by atoms with Gasteiger partial charge in [-0.3, -0.25) is 4.79 Å². The molecular weight excluding hydrogens is 450 g/mol. The zero-order valence-electron chi connectivity index (χ0n) is 19.5. The van der Waals surface area contributed by atoms with Crippen LogP contribution in [0.2, 0.25) is 6.32 Å². The number of carboxylic acid groups (broad SMARTS) is 1. The van der Waals surface area contributed by atoms with E-state index in [2.05, 4.69) is 16.8 Å². The summed E-state index contributed by atoms with van der Waals surface area (Å²) in [5, 5.41) is 27.7. The second-order valence-corrected chi connectivity index (χ2v) is 9.82. The van der Waals surface area contributed by atoms with Gasteiger partial charge < -0.3 is 30.7 Å². The lowest BCUT2D eigenvalue weighted by molar-refractivity contribution is -0.149. The first-order valence-corrected chi connectivity index (χ1v) is 11.9. The predicted octanol–water partition coefficient (Wildman–Crippen LogP) is 2.81. The molecule has 1 heterocycles. The van der Waals surface area contributed by atoms with Gasteiger partial charge in [0.05, 0.1) is 5.56 Å². The Morgan fingerprint density at radius 2 is 1.71 bits per heavy atom. The molecule has 0 aromatic heterocycles. The van der Waals surface area contributed by atoms with Crippen molar-refractivity contribution in [3.63, 3.8) is 0 Å². The van der Waals surface area contributed by atoms with Crippen molar-refractivity contribution >= 4 is 18.8 Å². The van der Waals surface area contributed by atoms with E-state index in [1.54, 1.807) is 0 Å². The smallest absolute Gasteiger partial charge is 0.451 e. The van der Waals surface area contributed by atoms with Crippen molar-refractivity contribution in [2.45, 2.75) is 75.1 Å². The van der Waals surface area contributed by atoms with E-state index in [1.807, 2.05) is 0 Å². The molecular formula is C23H35BF3N3O4. The summed E-state index contributed by atoms with van der Waals surface area (Å²) in [6, 6.07) is 5.88. The molecule has 11 heteroatoms. The van der Waals surface area contributed by atoms with Gasteiger partial charge in [-0.25, -0.2) is 0 Å². The summed E-state index contributed by atoms with van der Waals surface area (Å²) in [5.74, 6) is -1.13. The van der Waals surface area contributed by atoms with Gasteiger partial charge in [-0.2, -0.15) is 13.2 Å². The molecule has 1 saturated heterocycles. The first kappa shape index (κ1) is 26.8. The van der Waals surface area contributed by atoms with Crippen LogP contribution in [0.25, 0.3) is 0 Å². The van der Waals surface area contributed by atoms with E-state index in [-0.39, 0.29) is 18.3 Å². The molecule has 2 fully saturated rings. The van der Waals surface area contributed by atoms with E-state index >= 15 is 0 Å². The summed E-state index contributed by atoms with van der Waals surface area (Å²) >= 11 is 0. The van der Waals surface area contributed by atoms with E-state index in [1.165, 1.54) is 12.1 Å². The van der Waals surface area contributed by atoms with Crippen LogP contribution < -0.4 is 10.6 Å². The summed E-state index contributed by atoms with van der Waals surface area (Å²) in [6.07, 6.45) is 0.403. The molecule has 1 aromatic rings. The molecule has 34 heavy (non-hydrogen) atoms. The highest BCUT2D eigenvalue weighted by molar-refractivity contribution is 6.40. The second kappa shape index (κ2) is 10.8. The lowest BCUT2D eigenvalue weighted by Crippen LogP contribution is -2.62. The summed E-state index contributed by atoms with van der Waals surface area (Å²) < 4.78 is 38.4. The second-order valence-electron chi connectivity index (χ2n) is 9.82. The molecule has 0 bridgehead atoms. The zero-order valence-corrected chi connectivity index (χ0v) is 19.5. The molecule has 1 saturated carbocycles. The number of unbranched alkanes of at least 4 members (excludes halogenated alkanes) is 1. The van der Waals surface area contributed by atoms with Crippen molar-refractivity contribution in [3.05, 3.63) is 29.8 Å². The number of alkyl halides is 3. The Balaban J connectivity index is 1.47. The van der Waals surface area contributed by atoms with Crippen LogP contribution in [0.5, 0.6) is 0 Å². The van der Waals surface area contributed by atoms with Crippen LogP contribution in [0, 0.1) is 5.92 Å². The number of nitrogens with zero attached hydrogens (tertiary/aromatic N) is 2. The van der Waals surface area contributed by atoms with Crippen LogP contribution in [0.15, 0.2) is 24.3 Å². The first-order chi connectivity index (χ1) is 15.9. The van der Waals surface area contributed by atoms with Crippen molar-refractivity contribution in [3.8, 4) is 0 Å². The Hall–Kier alpha value is -1.82. The van der Waals surface area contributed by atoms with Gasteiger partial charge in [-0.1, -0.05) is 12.8 Å². The quantitative estimate of drug-likeness (QED) is 0.298. The average Bonchev–Trinajstić information content (AvgIpc) is 2.75.